The molecule has 1 aromatic heterocycles. The number of carbonyl (C=O) groups is 1. The molecule has 2 rings (SSSR count). The highest BCUT2D eigenvalue weighted by atomic mass is 16.5. The number of aromatic nitrogens is 2. The van der Waals surface area contributed by atoms with Crippen molar-refractivity contribution >= 4 is 5.97 Å². The number of hydrogen-bond acceptors (Lipinski definition) is 3. The molecule has 0 radical (unpaired) electrons. The van der Waals surface area contributed by atoms with Gasteiger partial charge in [0.1, 0.15) is 5.82 Å². The Morgan fingerprint density at radius 1 is 1.60 bits per heavy atom. The largest absolute Gasteiger partial charge is 0.464 e. The molecule has 0 spiro atoms. The molecular formula is C11H16N2O2. The molecule has 0 saturated carbocycles. The molecule has 0 fully saturated rings. The van der Waals surface area contributed by atoms with Crippen molar-refractivity contribution in [1.82, 2.24) is 9.55 Å². The lowest BCUT2D eigenvalue weighted by Crippen LogP contribution is -2.19. The summed E-state index contributed by atoms with van der Waals surface area (Å²) in [7, 11) is 1.40. The smallest absolute Gasteiger partial charge is 0.358 e. The monoisotopic (exact) mass is 208 g/mol. The molecule has 4 heteroatoms. The van der Waals surface area contributed by atoms with Crippen molar-refractivity contribution in [3.05, 3.63) is 17.2 Å². The Morgan fingerprint density at radius 2 is 2.33 bits per heavy atom. The Bertz CT molecular complexity index is 396. The third-order valence-electron chi connectivity index (χ3n) is 3.03. The summed E-state index contributed by atoms with van der Waals surface area (Å²) in [5.41, 5.74) is 1.54. The van der Waals surface area contributed by atoms with Crippen molar-refractivity contribution in [2.24, 2.45) is 5.92 Å². The maximum atomic E-state index is 11.5. The highest BCUT2D eigenvalue weighted by molar-refractivity contribution is 5.88. The first kappa shape index (κ1) is 10.2. The lowest BCUT2D eigenvalue weighted by molar-refractivity contribution is 0.0592. The molecule has 1 aliphatic rings. The van der Waals surface area contributed by atoms with E-state index in [1.54, 1.807) is 0 Å². The summed E-state index contributed by atoms with van der Waals surface area (Å²) in [6, 6.07) is 0. The van der Waals surface area contributed by atoms with Crippen molar-refractivity contribution in [3.63, 3.8) is 0 Å². The maximum Gasteiger partial charge on any atom is 0.358 e. The second-order valence-corrected chi connectivity index (χ2v) is 4.20. The van der Waals surface area contributed by atoms with E-state index in [-0.39, 0.29) is 5.97 Å². The lowest BCUT2D eigenvalue weighted by Gasteiger charge is -2.21. The molecule has 15 heavy (non-hydrogen) atoms. The van der Waals surface area contributed by atoms with Crippen LogP contribution in [0, 0.1) is 12.8 Å². The summed E-state index contributed by atoms with van der Waals surface area (Å²) in [5, 5.41) is 0. The highest BCUT2D eigenvalue weighted by Gasteiger charge is 2.25. The van der Waals surface area contributed by atoms with E-state index in [0.29, 0.717) is 11.6 Å². The van der Waals surface area contributed by atoms with Crippen LogP contribution in [0.5, 0.6) is 0 Å². The van der Waals surface area contributed by atoms with Gasteiger partial charge in [0.25, 0.3) is 0 Å². The van der Waals surface area contributed by atoms with E-state index in [2.05, 4.69) is 16.5 Å². The van der Waals surface area contributed by atoms with Crippen LogP contribution in [0.1, 0.15) is 35.4 Å². The van der Waals surface area contributed by atoms with Crippen molar-refractivity contribution in [1.29, 1.82) is 0 Å². The number of fused-ring (bicyclic) bond motifs is 1. The summed E-state index contributed by atoms with van der Waals surface area (Å²) < 4.78 is 6.87. The minimum absolute atomic E-state index is 0.319. The summed E-state index contributed by atoms with van der Waals surface area (Å²) in [6.45, 7) is 5.10. The van der Waals surface area contributed by atoms with Crippen molar-refractivity contribution in [2.75, 3.05) is 7.11 Å². The van der Waals surface area contributed by atoms with Crippen LogP contribution in [0.2, 0.25) is 0 Å². The molecule has 0 amide bonds. The number of esters is 1. The Morgan fingerprint density at radius 3 is 3.00 bits per heavy atom. The van der Waals surface area contributed by atoms with Gasteiger partial charge >= 0.3 is 5.97 Å². The Balaban J connectivity index is 2.45. The third-order valence-corrected chi connectivity index (χ3v) is 3.03. The average Bonchev–Trinajstić information content (AvgIpc) is 2.54. The fourth-order valence-corrected chi connectivity index (χ4v) is 2.16. The fourth-order valence-electron chi connectivity index (χ4n) is 2.16. The van der Waals surface area contributed by atoms with Gasteiger partial charge in [-0.1, -0.05) is 6.92 Å². The maximum absolute atomic E-state index is 11.5. The fraction of sp³-hybridized carbons (Fsp3) is 0.636. The number of methoxy groups -OCH3 is 1. The first-order valence-corrected chi connectivity index (χ1v) is 5.27. The van der Waals surface area contributed by atoms with Gasteiger partial charge in [-0.2, -0.15) is 0 Å². The van der Waals surface area contributed by atoms with Crippen LogP contribution in [0.25, 0.3) is 0 Å². The van der Waals surface area contributed by atoms with Crippen LogP contribution in [0.15, 0.2) is 0 Å². The predicted molar refractivity (Wildman–Crippen MR) is 55.8 cm³/mol. The molecule has 0 aromatic carbocycles. The van der Waals surface area contributed by atoms with E-state index in [1.807, 2.05) is 6.92 Å². The molecule has 0 aliphatic carbocycles. The second kappa shape index (κ2) is 3.68. The van der Waals surface area contributed by atoms with Crippen molar-refractivity contribution in [2.45, 2.75) is 33.2 Å². The van der Waals surface area contributed by atoms with E-state index >= 15 is 0 Å². The summed E-state index contributed by atoms with van der Waals surface area (Å²) in [6.07, 6.45) is 2.08. The first-order valence-electron chi connectivity index (χ1n) is 5.27. The molecule has 1 aromatic rings. The first-order chi connectivity index (χ1) is 7.13. The second-order valence-electron chi connectivity index (χ2n) is 4.20. The summed E-state index contributed by atoms with van der Waals surface area (Å²) in [4.78, 5) is 15.8. The predicted octanol–water partition coefficient (Wildman–Crippen LogP) is 1.56. The minimum atomic E-state index is -0.319. The molecule has 4 nitrogen and oxygen atoms in total. The number of aryl methyl sites for hydroxylation is 1. The van der Waals surface area contributed by atoms with E-state index in [4.69, 9.17) is 4.74 Å². The van der Waals surface area contributed by atoms with Crippen LogP contribution in [0.3, 0.4) is 0 Å². The van der Waals surface area contributed by atoms with Gasteiger partial charge in [0.2, 0.25) is 0 Å². The molecule has 1 aliphatic heterocycles. The SMILES string of the molecule is COC(=O)c1nc(C)n2c1CC(C)CC2. The van der Waals surface area contributed by atoms with Crippen molar-refractivity contribution < 1.29 is 9.53 Å². The van der Waals surface area contributed by atoms with Gasteiger partial charge in [0, 0.05) is 6.54 Å². The zero-order chi connectivity index (χ0) is 11.0. The lowest BCUT2D eigenvalue weighted by atomic mass is 9.97. The van der Waals surface area contributed by atoms with E-state index in [9.17, 15) is 4.79 Å². The highest BCUT2D eigenvalue weighted by Crippen LogP contribution is 2.24. The van der Waals surface area contributed by atoms with E-state index < -0.39 is 0 Å². The minimum Gasteiger partial charge on any atom is -0.464 e. The van der Waals surface area contributed by atoms with Gasteiger partial charge in [-0.15, -0.1) is 0 Å². The zero-order valence-electron chi connectivity index (χ0n) is 9.41. The van der Waals surface area contributed by atoms with Crippen LogP contribution < -0.4 is 0 Å². The number of nitrogens with zero attached hydrogens (tertiary/aromatic N) is 2. The van der Waals surface area contributed by atoms with Gasteiger partial charge in [-0.25, -0.2) is 9.78 Å². The van der Waals surface area contributed by atoms with Gasteiger partial charge in [0.15, 0.2) is 5.69 Å². The molecule has 2 heterocycles. The molecule has 1 atom stereocenters. The van der Waals surface area contributed by atoms with Gasteiger partial charge in [-0.3, -0.25) is 0 Å². The number of carbonyl (C=O) groups excluding carboxylic acids is 1. The zero-order valence-corrected chi connectivity index (χ0v) is 9.41. The number of ether oxygens (including phenoxy) is 1. The number of rotatable bonds is 1. The van der Waals surface area contributed by atoms with Gasteiger partial charge in [0.05, 0.1) is 12.8 Å². The quantitative estimate of drug-likeness (QED) is 0.658. The Hall–Kier alpha value is -1.32. The van der Waals surface area contributed by atoms with Gasteiger partial charge < -0.3 is 9.30 Å². The molecule has 0 bridgehead atoms. The van der Waals surface area contributed by atoms with Gasteiger partial charge in [-0.05, 0) is 25.7 Å². The van der Waals surface area contributed by atoms with E-state index in [0.717, 1.165) is 30.9 Å². The normalized spacial score (nSPS) is 19.8. The average molecular weight is 208 g/mol. The summed E-state index contributed by atoms with van der Waals surface area (Å²) in [5.74, 6) is 1.22. The number of hydrogen-bond donors (Lipinski definition) is 0. The van der Waals surface area contributed by atoms with Crippen molar-refractivity contribution in [3.8, 4) is 0 Å². The van der Waals surface area contributed by atoms with Crippen LogP contribution in [-0.2, 0) is 17.7 Å². The Kier molecular flexibility index (Phi) is 2.50. The topological polar surface area (TPSA) is 44.1 Å². The van der Waals surface area contributed by atoms with Crippen LogP contribution >= 0.6 is 0 Å². The molecule has 0 N–H and O–H groups in total. The molecule has 0 saturated heterocycles. The standard InChI is InChI=1S/C11H16N2O2/c1-7-4-5-13-8(2)12-10(9(13)6-7)11(14)15-3/h7H,4-6H2,1-3H3. The molecule has 1 unspecified atom stereocenters. The van der Waals surface area contributed by atoms with E-state index in [1.165, 1.54) is 7.11 Å². The third kappa shape index (κ3) is 1.64. The summed E-state index contributed by atoms with van der Waals surface area (Å²) >= 11 is 0. The number of imidazole rings is 1. The molecule has 82 valence electrons. The van der Waals surface area contributed by atoms with Crippen LogP contribution in [-0.4, -0.2) is 22.6 Å². The Labute approximate surface area is 89.3 Å². The molecular weight excluding hydrogens is 192 g/mol. The van der Waals surface area contributed by atoms with Crippen LogP contribution in [0.4, 0.5) is 0 Å².